The van der Waals surface area contributed by atoms with E-state index in [9.17, 15) is 14.7 Å². The molecule has 1 aliphatic rings. The first-order valence-corrected chi connectivity index (χ1v) is 11.5. The van der Waals surface area contributed by atoms with Gasteiger partial charge in [0, 0.05) is 23.4 Å². The van der Waals surface area contributed by atoms with Crippen LogP contribution >= 0.6 is 0 Å². The van der Waals surface area contributed by atoms with Crippen LogP contribution in [0.25, 0.3) is 22.0 Å². The van der Waals surface area contributed by atoms with Crippen molar-refractivity contribution in [2.24, 2.45) is 5.92 Å². The third kappa shape index (κ3) is 4.33. The lowest BCUT2D eigenvalue weighted by Crippen LogP contribution is -2.15. The van der Waals surface area contributed by atoms with E-state index in [4.69, 9.17) is 9.47 Å². The van der Waals surface area contributed by atoms with E-state index >= 15 is 0 Å². The van der Waals surface area contributed by atoms with Gasteiger partial charge in [-0.2, -0.15) is 0 Å². The molecular weight excluding hydrogens is 444 g/mol. The second-order valence-electron chi connectivity index (χ2n) is 8.66. The third-order valence-electron chi connectivity index (χ3n) is 6.34. The van der Waals surface area contributed by atoms with E-state index in [-0.39, 0.29) is 17.5 Å². The average molecular weight is 471 g/mol. The number of hydrogen-bond acceptors (Lipinski definition) is 4. The van der Waals surface area contributed by atoms with E-state index in [0.717, 1.165) is 29.4 Å². The predicted octanol–water partition coefficient (Wildman–Crippen LogP) is 5.42. The molecule has 3 aromatic carbocycles. The Balaban J connectivity index is 1.75. The first kappa shape index (κ1) is 22.5. The summed E-state index contributed by atoms with van der Waals surface area (Å²) in [6, 6.07) is 20.4. The van der Waals surface area contributed by atoms with Crippen molar-refractivity contribution < 1.29 is 24.2 Å². The SMILES string of the molecule is COc1ccc(-c2c(C(=O)O)n(Cc3cccc(OC)c3)c3c(NC(=O)C4CC4)cccc23)cc1. The highest BCUT2D eigenvalue weighted by Gasteiger charge is 2.31. The number of aromatic nitrogens is 1. The second-order valence-corrected chi connectivity index (χ2v) is 8.66. The van der Waals surface area contributed by atoms with Gasteiger partial charge in [0.2, 0.25) is 5.91 Å². The number of hydrogen-bond donors (Lipinski definition) is 2. The van der Waals surface area contributed by atoms with Gasteiger partial charge in [-0.25, -0.2) is 4.79 Å². The van der Waals surface area contributed by atoms with Gasteiger partial charge in [-0.15, -0.1) is 0 Å². The van der Waals surface area contributed by atoms with Crippen LogP contribution in [0.15, 0.2) is 66.7 Å². The molecule has 0 aliphatic heterocycles. The quantitative estimate of drug-likeness (QED) is 0.359. The molecule has 1 aromatic heterocycles. The number of fused-ring (bicyclic) bond motifs is 1. The number of aromatic carboxylic acids is 1. The summed E-state index contributed by atoms with van der Waals surface area (Å²) in [5.41, 5.74) is 3.66. The predicted molar refractivity (Wildman–Crippen MR) is 134 cm³/mol. The van der Waals surface area contributed by atoms with E-state index in [1.54, 1.807) is 18.8 Å². The fraction of sp³-hybridized carbons (Fsp3) is 0.214. The van der Waals surface area contributed by atoms with Crippen LogP contribution in [-0.4, -0.2) is 35.8 Å². The first-order valence-electron chi connectivity index (χ1n) is 11.5. The van der Waals surface area contributed by atoms with Crippen molar-refractivity contribution in [3.8, 4) is 22.6 Å². The highest BCUT2D eigenvalue weighted by molar-refractivity contribution is 6.13. The summed E-state index contributed by atoms with van der Waals surface area (Å²) in [7, 11) is 3.19. The molecule has 1 fully saturated rings. The Morgan fingerprint density at radius 1 is 0.971 bits per heavy atom. The molecule has 5 rings (SSSR count). The Bertz CT molecular complexity index is 1420. The maximum absolute atomic E-state index is 12.7. The number of anilines is 1. The Morgan fingerprint density at radius 2 is 1.69 bits per heavy atom. The van der Waals surface area contributed by atoms with Gasteiger partial charge in [-0.05, 0) is 54.3 Å². The summed E-state index contributed by atoms with van der Waals surface area (Å²) < 4.78 is 12.4. The lowest BCUT2D eigenvalue weighted by Gasteiger charge is -2.13. The molecule has 1 aliphatic carbocycles. The molecule has 2 N–H and O–H groups in total. The van der Waals surface area contributed by atoms with Crippen molar-refractivity contribution in [1.82, 2.24) is 4.57 Å². The van der Waals surface area contributed by atoms with Gasteiger partial charge in [0.05, 0.1) is 25.4 Å². The van der Waals surface area contributed by atoms with Gasteiger partial charge in [0.1, 0.15) is 17.2 Å². The van der Waals surface area contributed by atoms with Gasteiger partial charge in [-0.3, -0.25) is 4.79 Å². The van der Waals surface area contributed by atoms with Gasteiger partial charge in [0.15, 0.2) is 0 Å². The molecule has 1 heterocycles. The van der Waals surface area contributed by atoms with Crippen molar-refractivity contribution in [3.63, 3.8) is 0 Å². The van der Waals surface area contributed by atoms with Crippen molar-refractivity contribution in [2.75, 3.05) is 19.5 Å². The first-order chi connectivity index (χ1) is 17.0. The van der Waals surface area contributed by atoms with Crippen LogP contribution in [0, 0.1) is 5.92 Å². The number of carbonyl (C=O) groups excluding carboxylic acids is 1. The lowest BCUT2D eigenvalue weighted by atomic mass is 10.0. The van der Waals surface area contributed by atoms with Crippen LogP contribution in [0.1, 0.15) is 28.9 Å². The molecule has 1 amide bonds. The van der Waals surface area contributed by atoms with E-state index in [1.807, 2.05) is 66.7 Å². The molecule has 0 unspecified atom stereocenters. The molecule has 0 spiro atoms. The third-order valence-corrected chi connectivity index (χ3v) is 6.34. The van der Waals surface area contributed by atoms with Crippen LogP contribution in [0.5, 0.6) is 11.5 Å². The summed E-state index contributed by atoms with van der Waals surface area (Å²) in [6.07, 6.45) is 1.76. The molecule has 35 heavy (non-hydrogen) atoms. The number of methoxy groups -OCH3 is 2. The van der Waals surface area contributed by atoms with Crippen LogP contribution in [0.2, 0.25) is 0 Å². The molecule has 0 bridgehead atoms. The zero-order valence-corrected chi connectivity index (χ0v) is 19.6. The minimum absolute atomic E-state index is 0.0204. The molecule has 0 atom stereocenters. The number of amides is 1. The number of ether oxygens (including phenoxy) is 2. The highest BCUT2D eigenvalue weighted by Crippen LogP contribution is 2.40. The molecule has 0 saturated heterocycles. The van der Waals surface area contributed by atoms with E-state index < -0.39 is 5.97 Å². The Morgan fingerprint density at radius 3 is 2.34 bits per heavy atom. The van der Waals surface area contributed by atoms with Gasteiger partial charge < -0.3 is 24.5 Å². The van der Waals surface area contributed by atoms with Crippen LogP contribution in [-0.2, 0) is 11.3 Å². The van der Waals surface area contributed by atoms with Crippen molar-refractivity contribution >= 4 is 28.5 Å². The van der Waals surface area contributed by atoms with E-state index in [2.05, 4.69) is 5.32 Å². The summed E-state index contributed by atoms with van der Waals surface area (Å²) in [6.45, 7) is 0.293. The maximum atomic E-state index is 12.7. The minimum atomic E-state index is -1.05. The number of nitrogens with zero attached hydrogens (tertiary/aromatic N) is 1. The molecule has 7 heteroatoms. The summed E-state index contributed by atoms with van der Waals surface area (Å²) in [5, 5.41) is 14.2. The molecule has 178 valence electrons. The van der Waals surface area contributed by atoms with Crippen molar-refractivity contribution in [2.45, 2.75) is 19.4 Å². The minimum Gasteiger partial charge on any atom is -0.497 e. The van der Waals surface area contributed by atoms with E-state index in [0.29, 0.717) is 34.8 Å². The standard InChI is InChI=1S/C28H26N2O5/c1-34-20-13-11-18(12-14-20)24-22-7-4-8-23(29-27(31)19-9-10-19)25(22)30(26(24)28(32)33)16-17-5-3-6-21(15-17)35-2/h3-8,11-15,19H,9-10,16H2,1-2H3,(H,29,31)(H,32,33). The normalized spacial score (nSPS) is 13.0. The number of para-hydroxylation sites is 1. The second kappa shape index (κ2) is 9.18. The van der Waals surface area contributed by atoms with Crippen molar-refractivity contribution in [1.29, 1.82) is 0 Å². The molecule has 7 nitrogen and oxygen atoms in total. The summed E-state index contributed by atoms with van der Waals surface area (Å²) in [4.78, 5) is 25.4. The molecular formula is C28H26N2O5. The number of carboxylic acid groups (broad SMARTS) is 1. The van der Waals surface area contributed by atoms with Gasteiger partial charge in [0.25, 0.3) is 0 Å². The smallest absolute Gasteiger partial charge is 0.353 e. The fourth-order valence-corrected chi connectivity index (χ4v) is 4.48. The van der Waals surface area contributed by atoms with Crippen LogP contribution in [0.4, 0.5) is 5.69 Å². The Labute approximate surface area is 202 Å². The molecule has 1 saturated carbocycles. The Kier molecular flexibility index (Phi) is 5.91. The van der Waals surface area contributed by atoms with Gasteiger partial charge >= 0.3 is 5.97 Å². The lowest BCUT2D eigenvalue weighted by molar-refractivity contribution is -0.117. The number of nitrogens with one attached hydrogen (secondary N) is 1. The van der Waals surface area contributed by atoms with Crippen molar-refractivity contribution in [3.05, 3.63) is 78.0 Å². The topological polar surface area (TPSA) is 89.8 Å². The zero-order chi connectivity index (χ0) is 24.5. The number of benzene rings is 3. The Hall–Kier alpha value is -4.26. The van der Waals surface area contributed by atoms with Gasteiger partial charge in [-0.1, -0.05) is 36.4 Å². The largest absolute Gasteiger partial charge is 0.497 e. The summed E-state index contributed by atoms with van der Waals surface area (Å²) >= 11 is 0. The van der Waals surface area contributed by atoms with Crippen LogP contribution in [0.3, 0.4) is 0 Å². The van der Waals surface area contributed by atoms with Crippen LogP contribution < -0.4 is 14.8 Å². The maximum Gasteiger partial charge on any atom is 0.353 e. The number of rotatable bonds is 8. The summed E-state index contributed by atoms with van der Waals surface area (Å²) in [5.74, 6) is 0.313. The van der Waals surface area contributed by atoms with E-state index in [1.165, 1.54) is 0 Å². The molecule has 0 radical (unpaired) electrons. The average Bonchev–Trinajstić information content (AvgIpc) is 3.67. The molecule has 4 aromatic rings. The highest BCUT2D eigenvalue weighted by atomic mass is 16.5. The number of carboxylic acids is 1. The monoisotopic (exact) mass is 470 g/mol. The number of carbonyl (C=O) groups is 2. The zero-order valence-electron chi connectivity index (χ0n) is 19.6. The fourth-order valence-electron chi connectivity index (χ4n) is 4.48.